The predicted octanol–water partition coefficient (Wildman–Crippen LogP) is 1.11. The van der Waals surface area contributed by atoms with Gasteiger partial charge in [-0.2, -0.15) is 0 Å². The smallest absolute Gasteiger partial charge is 0.244 e. The number of piperazine rings is 1. The number of methoxy groups -OCH3 is 1. The van der Waals surface area contributed by atoms with Gasteiger partial charge in [0.05, 0.1) is 18.8 Å². The lowest BCUT2D eigenvalue weighted by molar-refractivity contribution is -0.135. The second kappa shape index (κ2) is 3.74. The Kier molecular flexibility index (Phi) is 2.33. The number of carbonyl (C=O) groups is 1. The molecule has 90 valence electrons. The SMILES string of the molecule is COc1ccccc1N1CC2CC(C1=O)N2C. The molecule has 3 aliphatic heterocycles. The van der Waals surface area contributed by atoms with Gasteiger partial charge in [0.25, 0.3) is 0 Å². The lowest BCUT2D eigenvalue weighted by Gasteiger charge is -2.53. The van der Waals surface area contributed by atoms with Crippen molar-refractivity contribution in [3.8, 4) is 5.75 Å². The molecule has 3 heterocycles. The lowest BCUT2D eigenvalue weighted by Crippen LogP contribution is -2.70. The Balaban J connectivity index is 1.93. The largest absolute Gasteiger partial charge is 0.495 e. The van der Waals surface area contributed by atoms with E-state index >= 15 is 0 Å². The highest BCUT2D eigenvalue weighted by atomic mass is 16.5. The minimum Gasteiger partial charge on any atom is -0.495 e. The number of hydrogen-bond donors (Lipinski definition) is 0. The number of fused-ring (bicyclic) bond motifs is 2. The summed E-state index contributed by atoms with van der Waals surface area (Å²) in [6.07, 6.45) is 1.00. The van der Waals surface area contributed by atoms with Crippen molar-refractivity contribution in [1.82, 2.24) is 4.90 Å². The highest BCUT2D eigenvalue weighted by Crippen LogP contribution is 2.37. The summed E-state index contributed by atoms with van der Waals surface area (Å²) in [4.78, 5) is 16.3. The minimum atomic E-state index is 0.0682. The molecule has 3 aliphatic rings. The Morgan fingerprint density at radius 2 is 2.12 bits per heavy atom. The first-order valence-corrected chi connectivity index (χ1v) is 5.88. The number of piperidine rings is 1. The Morgan fingerprint density at radius 3 is 2.76 bits per heavy atom. The fraction of sp³-hybridized carbons (Fsp3) is 0.462. The molecule has 17 heavy (non-hydrogen) atoms. The summed E-state index contributed by atoms with van der Waals surface area (Å²) in [5.74, 6) is 0.962. The third-order valence-electron chi connectivity index (χ3n) is 3.88. The number of ether oxygens (including phenoxy) is 1. The number of rotatable bonds is 2. The van der Waals surface area contributed by atoms with E-state index in [0.717, 1.165) is 24.4 Å². The molecule has 2 bridgehead atoms. The first-order valence-electron chi connectivity index (χ1n) is 5.88. The van der Waals surface area contributed by atoms with E-state index in [0.29, 0.717) is 6.04 Å². The van der Waals surface area contributed by atoms with Gasteiger partial charge in [0.2, 0.25) is 5.91 Å². The second-order valence-electron chi connectivity index (χ2n) is 4.69. The fourth-order valence-corrected chi connectivity index (χ4v) is 2.74. The van der Waals surface area contributed by atoms with Crippen LogP contribution in [-0.4, -0.2) is 43.6 Å². The maximum Gasteiger partial charge on any atom is 0.244 e. The maximum absolute atomic E-state index is 12.3. The van der Waals surface area contributed by atoms with Gasteiger partial charge in [-0.3, -0.25) is 9.69 Å². The normalized spacial score (nSPS) is 27.9. The van der Waals surface area contributed by atoms with Crippen molar-refractivity contribution < 1.29 is 9.53 Å². The maximum atomic E-state index is 12.3. The Labute approximate surface area is 101 Å². The van der Waals surface area contributed by atoms with E-state index in [1.54, 1.807) is 7.11 Å². The zero-order chi connectivity index (χ0) is 12.0. The van der Waals surface area contributed by atoms with Gasteiger partial charge in [-0.25, -0.2) is 0 Å². The quantitative estimate of drug-likeness (QED) is 0.766. The number of hydrogen-bond acceptors (Lipinski definition) is 3. The predicted molar refractivity (Wildman–Crippen MR) is 65.3 cm³/mol. The van der Waals surface area contributed by atoms with Crippen LogP contribution in [0.3, 0.4) is 0 Å². The molecule has 0 saturated carbocycles. The van der Waals surface area contributed by atoms with E-state index in [9.17, 15) is 4.79 Å². The topological polar surface area (TPSA) is 32.8 Å². The molecule has 0 N–H and O–H groups in total. The average molecular weight is 232 g/mol. The number of anilines is 1. The van der Waals surface area contributed by atoms with E-state index in [1.165, 1.54) is 0 Å². The summed E-state index contributed by atoms with van der Waals surface area (Å²) < 4.78 is 5.32. The molecule has 0 aliphatic carbocycles. The van der Waals surface area contributed by atoms with Crippen LogP contribution in [0.25, 0.3) is 0 Å². The summed E-state index contributed by atoms with van der Waals surface area (Å²) in [5, 5.41) is 0. The highest BCUT2D eigenvalue weighted by molar-refractivity contribution is 6.00. The molecule has 4 nitrogen and oxygen atoms in total. The van der Waals surface area contributed by atoms with E-state index < -0.39 is 0 Å². The summed E-state index contributed by atoms with van der Waals surface area (Å²) in [6.45, 7) is 0.770. The minimum absolute atomic E-state index is 0.0682. The van der Waals surface area contributed by atoms with Crippen LogP contribution in [0.2, 0.25) is 0 Å². The second-order valence-corrected chi connectivity index (χ2v) is 4.69. The number of para-hydroxylation sites is 2. The molecule has 0 aromatic heterocycles. The van der Waals surface area contributed by atoms with Crippen LogP contribution in [0.15, 0.2) is 24.3 Å². The molecule has 2 unspecified atom stereocenters. The molecule has 1 aromatic carbocycles. The zero-order valence-electron chi connectivity index (χ0n) is 10.1. The molecule has 4 rings (SSSR count). The summed E-state index contributed by atoms with van der Waals surface area (Å²) in [5.41, 5.74) is 0.891. The van der Waals surface area contributed by atoms with Crippen molar-refractivity contribution in [2.45, 2.75) is 18.5 Å². The summed E-state index contributed by atoms with van der Waals surface area (Å²) >= 11 is 0. The van der Waals surface area contributed by atoms with Crippen molar-refractivity contribution in [1.29, 1.82) is 0 Å². The Bertz CT molecular complexity index is 460. The zero-order valence-corrected chi connectivity index (χ0v) is 10.1. The number of carbonyl (C=O) groups excluding carboxylic acids is 1. The highest BCUT2D eigenvalue weighted by Gasteiger charge is 2.48. The molecule has 4 heteroatoms. The van der Waals surface area contributed by atoms with Crippen molar-refractivity contribution in [2.75, 3.05) is 25.6 Å². The van der Waals surface area contributed by atoms with Gasteiger partial charge in [0.1, 0.15) is 5.75 Å². The van der Waals surface area contributed by atoms with Gasteiger partial charge < -0.3 is 9.64 Å². The van der Waals surface area contributed by atoms with Crippen LogP contribution in [-0.2, 0) is 4.79 Å². The average Bonchev–Trinajstić information content (AvgIpc) is 2.37. The molecule has 3 fully saturated rings. The number of benzene rings is 1. The monoisotopic (exact) mass is 232 g/mol. The lowest BCUT2D eigenvalue weighted by atomic mass is 9.87. The van der Waals surface area contributed by atoms with E-state index in [1.807, 2.05) is 36.2 Å². The number of amides is 1. The van der Waals surface area contributed by atoms with Crippen LogP contribution < -0.4 is 9.64 Å². The van der Waals surface area contributed by atoms with Gasteiger partial charge >= 0.3 is 0 Å². The third kappa shape index (κ3) is 1.44. The Hall–Kier alpha value is -1.55. The van der Waals surface area contributed by atoms with Crippen LogP contribution in [0, 0.1) is 0 Å². The van der Waals surface area contributed by atoms with Crippen molar-refractivity contribution >= 4 is 11.6 Å². The molecule has 1 aromatic rings. The molecule has 3 saturated heterocycles. The van der Waals surface area contributed by atoms with Crippen LogP contribution in [0.1, 0.15) is 6.42 Å². The van der Waals surface area contributed by atoms with Crippen LogP contribution >= 0.6 is 0 Å². The van der Waals surface area contributed by atoms with Gasteiger partial charge in [-0.05, 0) is 25.6 Å². The van der Waals surface area contributed by atoms with E-state index in [2.05, 4.69) is 4.90 Å². The van der Waals surface area contributed by atoms with Crippen molar-refractivity contribution in [3.05, 3.63) is 24.3 Å². The van der Waals surface area contributed by atoms with Crippen LogP contribution in [0.5, 0.6) is 5.75 Å². The van der Waals surface area contributed by atoms with Gasteiger partial charge in [-0.15, -0.1) is 0 Å². The molecule has 0 spiro atoms. The van der Waals surface area contributed by atoms with E-state index in [-0.39, 0.29) is 11.9 Å². The Morgan fingerprint density at radius 1 is 1.35 bits per heavy atom. The third-order valence-corrected chi connectivity index (χ3v) is 3.88. The summed E-state index contributed by atoms with van der Waals surface area (Å²) in [6, 6.07) is 8.27. The van der Waals surface area contributed by atoms with Crippen LogP contribution in [0.4, 0.5) is 5.69 Å². The first-order chi connectivity index (χ1) is 8.22. The van der Waals surface area contributed by atoms with E-state index in [4.69, 9.17) is 4.74 Å². The van der Waals surface area contributed by atoms with Crippen molar-refractivity contribution in [3.63, 3.8) is 0 Å². The molecular formula is C13H16N2O2. The molecule has 1 amide bonds. The van der Waals surface area contributed by atoms with Gasteiger partial charge in [-0.1, -0.05) is 12.1 Å². The molecule has 2 atom stereocenters. The van der Waals surface area contributed by atoms with Gasteiger partial charge in [0, 0.05) is 12.6 Å². The number of likely N-dealkylation sites (N-methyl/N-ethyl adjacent to an activating group) is 1. The molecular weight excluding hydrogens is 216 g/mol. The standard InChI is InChI=1S/C13H16N2O2/c1-14-9-7-11(14)13(16)15(8-9)10-5-3-4-6-12(10)17-2/h3-6,9,11H,7-8H2,1-2H3. The fourth-order valence-electron chi connectivity index (χ4n) is 2.74. The first kappa shape index (κ1) is 10.6. The summed E-state index contributed by atoms with van der Waals surface area (Å²) in [7, 11) is 3.66. The molecule has 0 radical (unpaired) electrons. The van der Waals surface area contributed by atoms with Gasteiger partial charge in [0.15, 0.2) is 0 Å². The number of nitrogens with zero attached hydrogens (tertiary/aromatic N) is 2. The van der Waals surface area contributed by atoms with Crippen molar-refractivity contribution in [2.24, 2.45) is 0 Å².